The second-order valence-electron chi connectivity index (χ2n) is 7.12. The molecule has 0 saturated heterocycles. The summed E-state index contributed by atoms with van der Waals surface area (Å²) >= 11 is 0. The van der Waals surface area contributed by atoms with Gasteiger partial charge in [-0.15, -0.1) is 0 Å². The summed E-state index contributed by atoms with van der Waals surface area (Å²) in [7, 11) is 3.16. The van der Waals surface area contributed by atoms with Gasteiger partial charge in [-0.2, -0.15) is 5.10 Å². The minimum Gasteiger partial charge on any atom is -0.497 e. The molecule has 0 bridgehead atoms. The predicted octanol–water partition coefficient (Wildman–Crippen LogP) is 3.06. The highest BCUT2D eigenvalue weighted by Crippen LogP contribution is 2.30. The van der Waals surface area contributed by atoms with Gasteiger partial charge in [-0.25, -0.2) is 9.89 Å². The summed E-state index contributed by atoms with van der Waals surface area (Å²) in [5.41, 5.74) is 1.45. The summed E-state index contributed by atoms with van der Waals surface area (Å²) in [5, 5.41) is 18.2. The molecule has 0 atom stereocenters. The summed E-state index contributed by atoms with van der Waals surface area (Å²) in [6.07, 6.45) is 3.07. The molecule has 0 saturated carbocycles. The van der Waals surface area contributed by atoms with Crippen LogP contribution in [0.5, 0.6) is 11.5 Å². The number of hydrogen-bond donors (Lipinski definition) is 1. The Labute approximate surface area is 182 Å². The fraction of sp³-hybridized carbons (Fsp3) is 0.182. The molecule has 0 amide bonds. The van der Waals surface area contributed by atoms with E-state index in [0.29, 0.717) is 12.3 Å². The minimum atomic E-state index is -0.475. The van der Waals surface area contributed by atoms with E-state index in [1.807, 2.05) is 36.4 Å². The average molecular weight is 435 g/mol. The molecule has 0 aliphatic rings. The number of rotatable bonds is 8. The molecule has 0 radical (unpaired) electrons. The summed E-state index contributed by atoms with van der Waals surface area (Å²) in [5.74, 6) is 1.62. The quantitative estimate of drug-likeness (QED) is 0.336. The first-order chi connectivity index (χ1) is 15.5. The Morgan fingerprint density at radius 1 is 0.938 bits per heavy atom. The molecule has 0 spiro atoms. The van der Waals surface area contributed by atoms with Crippen LogP contribution in [0.1, 0.15) is 11.1 Å². The highest BCUT2D eigenvalue weighted by atomic mass is 16.6. The van der Waals surface area contributed by atoms with Gasteiger partial charge in [0.25, 0.3) is 5.69 Å². The van der Waals surface area contributed by atoms with Crippen molar-refractivity contribution >= 4 is 5.69 Å². The number of aromatic amines is 1. The van der Waals surface area contributed by atoms with Crippen molar-refractivity contribution in [3.63, 3.8) is 0 Å². The Hall–Kier alpha value is -4.34. The maximum absolute atomic E-state index is 12.4. The molecule has 4 aromatic rings. The fourth-order valence-corrected chi connectivity index (χ4v) is 3.43. The van der Waals surface area contributed by atoms with Gasteiger partial charge < -0.3 is 14.0 Å². The Morgan fingerprint density at radius 3 is 2.03 bits per heavy atom. The molecule has 0 unspecified atom stereocenters. The number of ether oxygens (including phenoxy) is 2. The van der Waals surface area contributed by atoms with E-state index in [1.165, 1.54) is 10.8 Å². The lowest BCUT2D eigenvalue weighted by atomic mass is 10.2. The van der Waals surface area contributed by atoms with Gasteiger partial charge in [0.05, 0.1) is 31.9 Å². The molecule has 10 heteroatoms. The molecule has 4 rings (SSSR count). The van der Waals surface area contributed by atoms with Crippen LogP contribution in [0.4, 0.5) is 5.69 Å². The zero-order valence-electron chi connectivity index (χ0n) is 17.5. The van der Waals surface area contributed by atoms with Crippen molar-refractivity contribution in [2.24, 2.45) is 0 Å². The molecular weight excluding hydrogens is 414 g/mol. The lowest BCUT2D eigenvalue weighted by molar-refractivity contribution is -0.384. The Balaban J connectivity index is 1.68. The van der Waals surface area contributed by atoms with Gasteiger partial charge in [0, 0.05) is 12.7 Å². The van der Waals surface area contributed by atoms with Crippen LogP contribution >= 0.6 is 0 Å². The molecule has 0 fully saturated rings. The third kappa shape index (κ3) is 4.24. The number of nitro groups is 1. The number of aromatic nitrogens is 4. The second-order valence-corrected chi connectivity index (χ2v) is 7.12. The molecule has 1 N–H and O–H groups in total. The van der Waals surface area contributed by atoms with Crippen LogP contribution < -0.4 is 15.2 Å². The molecule has 32 heavy (non-hydrogen) atoms. The molecule has 164 valence electrons. The summed E-state index contributed by atoms with van der Waals surface area (Å²) < 4.78 is 13.4. The van der Waals surface area contributed by atoms with E-state index in [4.69, 9.17) is 9.47 Å². The van der Waals surface area contributed by atoms with E-state index in [9.17, 15) is 14.9 Å². The van der Waals surface area contributed by atoms with Crippen LogP contribution in [0.15, 0.2) is 65.7 Å². The van der Waals surface area contributed by atoms with Crippen LogP contribution in [0.2, 0.25) is 0 Å². The third-order valence-electron chi connectivity index (χ3n) is 5.08. The van der Waals surface area contributed by atoms with E-state index in [1.54, 1.807) is 37.1 Å². The van der Waals surface area contributed by atoms with Gasteiger partial charge in [0.1, 0.15) is 17.1 Å². The number of nitrogens with one attached hydrogen (secondary N) is 1. The van der Waals surface area contributed by atoms with Crippen LogP contribution in [0.3, 0.4) is 0 Å². The van der Waals surface area contributed by atoms with E-state index in [2.05, 4.69) is 10.2 Å². The molecule has 0 aliphatic carbocycles. The lowest BCUT2D eigenvalue weighted by Gasteiger charge is -2.06. The maximum Gasteiger partial charge on any atom is 0.343 e. The third-order valence-corrected chi connectivity index (χ3v) is 5.08. The maximum atomic E-state index is 12.4. The number of H-pyrrole nitrogens is 1. The van der Waals surface area contributed by atoms with Crippen molar-refractivity contribution in [1.29, 1.82) is 0 Å². The van der Waals surface area contributed by atoms with Gasteiger partial charge in [0.2, 0.25) is 0 Å². The average Bonchev–Trinajstić information content (AvgIpc) is 3.38. The van der Waals surface area contributed by atoms with Gasteiger partial charge in [-0.1, -0.05) is 24.3 Å². The summed E-state index contributed by atoms with van der Waals surface area (Å²) in [4.78, 5) is 23.7. The molecule has 2 aromatic heterocycles. The van der Waals surface area contributed by atoms with E-state index < -0.39 is 10.6 Å². The molecule has 10 nitrogen and oxygen atoms in total. The predicted molar refractivity (Wildman–Crippen MR) is 117 cm³/mol. The Kier molecular flexibility index (Phi) is 5.75. The first-order valence-electron chi connectivity index (χ1n) is 9.74. The molecule has 0 aliphatic heterocycles. The topological polar surface area (TPSA) is 117 Å². The van der Waals surface area contributed by atoms with E-state index >= 15 is 0 Å². The van der Waals surface area contributed by atoms with Crippen LogP contribution in [-0.2, 0) is 13.1 Å². The number of methoxy groups -OCH3 is 2. The lowest BCUT2D eigenvalue weighted by Crippen LogP contribution is -2.18. The smallest absolute Gasteiger partial charge is 0.343 e. The Morgan fingerprint density at radius 2 is 1.50 bits per heavy atom. The first kappa shape index (κ1) is 20.9. The first-order valence-corrected chi connectivity index (χ1v) is 9.74. The van der Waals surface area contributed by atoms with E-state index in [0.717, 1.165) is 16.9 Å². The zero-order chi connectivity index (χ0) is 22.7. The summed E-state index contributed by atoms with van der Waals surface area (Å²) in [6.45, 7) is 0.618. The van der Waals surface area contributed by atoms with Crippen molar-refractivity contribution in [2.45, 2.75) is 13.1 Å². The van der Waals surface area contributed by atoms with Crippen LogP contribution in [0, 0.1) is 10.1 Å². The minimum absolute atomic E-state index is 0.131. The van der Waals surface area contributed by atoms with Crippen molar-refractivity contribution in [3.05, 3.63) is 92.7 Å². The molecular formula is C22H21N5O5. The monoisotopic (exact) mass is 435 g/mol. The van der Waals surface area contributed by atoms with Gasteiger partial charge in [-0.05, 0) is 35.4 Å². The van der Waals surface area contributed by atoms with Crippen LogP contribution in [-0.4, -0.2) is 38.5 Å². The van der Waals surface area contributed by atoms with Gasteiger partial charge >= 0.3 is 5.69 Å². The van der Waals surface area contributed by atoms with E-state index in [-0.39, 0.29) is 23.6 Å². The fourth-order valence-electron chi connectivity index (χ4n) is 3.43. The number of nitrogens with zero attached hydrogens (tertiary/aromatic N) is 4. The molecule has 2 aromatic carbocycles. The number of benzene rings is 2. The second kappa shape index (κ2) is 8.80. The van der Waals surface area contributed by atoms with Crippen molar-refractivity contribution < 1.29 is 14.4 Å². The largest absolute Gasteiger partial charge is 0.497 e. The van der Waals surface area contributed by atoms with Gasteiger partial charge in [-0.3, -0.25) is 14.7 Å². The SMILES string of the molecule is COc1ccc(Cn2cc(-c3n[nH]c(=O)n3Cc3ccc(OC)cc3)c([N+](=O)[O-])c2)cc1. The standard InChI is InChI=1S/C22H21N5O5/c1-31-17-7-3-15(4-8-17)11-25-13-19(20(14-25)27(29)30)21-23-24-22(28)26(21)12-16-5-9-18(32-2)10-6-16/h3-10,13-14H,11-12H2,1-2H3,(H,24,28). The van der Waals surface area contributed by atoms with Crippen molar-refractivity contribution in [3.8, 4) is 22.9 Å². The molecule has 2 heterocycles. The van der Waals surface area contributed by atoms with Crippen molar-refractivity contribution in [2.75, 3.05) is 14.2 Å². The number of hydrogen-bond acceptors (Lipinski definition) is 6. The highest BCUT2D eigenvalue weighted by molar-refractivity contribution is 5.67. The Bertz CT molecular complexity index is 1290. The summed E-state index contributed by atoms with van der Waals surface area (Å²) in [6, 6.07) is 14.7. The van der Waals surface area contributed by atoms with Crippen LogP contribution in [0.25, 0.3) is 11.4 Å². The normalized spacial score (nSPS) is 10.8. The van der Waals surface area contributed by atoms with Gasteiger partial charge in [0.15, 0.2) is 5.82 Å². The highest BCUT2D eigenvalue weighted by Gasteiger charge is 2.24. The van der Waals surface area contributed by atoms with Crippen molar-refractivity contribution in [1.82, 2.24) is 19.3 Å². The zero-order valence-corrected chi connectivity index (χ0v) is 17.5.